The van der Waals surface area contributed by atoms with Crippen LogP contribution in [0.2, 0.25) is 15.1 Å². The number of carbonyl (C=O) groups excluding carboxylic acids is 1. The molecule has 2 heterocycles. The second-order valence-corrected chi connectivity index (χ2v) is 9.78. The standard InChI is InChI=1S/C21H16Cl3N3OS2/c1-3-27-20(28)18(30-21(27)25-13-5-6-14(23)15(24)11-13)8-9-19-26(2)16-10-12(22)4-7-17(16)29-19/h4-11H,3H2,1-2H3/b18-8-,19-9+,25-21?. The number of likely N-dealkylation sites (N-methyl/N-ethyl adjacent to an activating group) is 1. The maximum atomic E-state index is 12.8. The van der Waals surface area contributed by atoms with Gasteiger partial charge in [-0.3, -0.25) is 9.69 Å². The van der Waals surface area contributed by atoms with E-state index in [-0.39, 0.29) is 5.91 Å². The number of rotatable bonds is 3. The second kappa shape index (κ2) is 8.89. The molecular formula is C21H16Cl3N3OS2. The Morgan fingerprint density at radius 3 is 2.57 bits per heavy atom. The van der Waals surface area contributed by atoms with Gasteiger partial charge >= 0.3 is 0 Å². The third-order valence-electron chi connectivity index (χ3n) is 4.54. The van der Waals surface area contributed by atoms with Crippen LogP contribution >= 0.6 is 58.3 Å². The fourth-order valence-electron chi connectivity index (χ4n) is 2.98. The topological polar surface area (TPSA) is 35.9 Å². The molecule has 2 aliphatic rings. The first-order valence-corrected chi connectivity index (χ1v) is 11.8. The summed E-state index contributed by atoms with van der Waals surface area (Å²) in [5, 5.41) is 3.23. The molecule has 2 aliphatic heterocycles. The molecule has 0 bridgehead atoms. The zero-order valence-electron chi connectivity index (χ0n) is 16.0. The van der Waals surface area contributed by atoms with Crippen molar-refractivity contribution in [2.45, 2.75) is 11.8 Å². The van der Waals surface area contributed by atoms with E-state index in [2.05, 4.69) is 9.89 Å². The summed E-state index contributed by atoms with van der Waals surface area (Å²) in [7, 11) is 1.98. The number of carbonyl (C=O) groups is 1. The summed E-state index contributed by atoms with van der Waals surface area (Å²) in [5.41, 5.74) is 1.70. The van der Waals surface area contributed by atoms with Crippen LogP contribution in [-0.2, 0) is 4.79 Å². The van der Waals surface area contributed by atoms with Gasteiger partial charge in [-0.05, 0) is 67.2 Å². The number of nitrogens with zero attached hydrogens (tertiary/aromatic N) is 3. The number of benzene rings is 2. The van der Waals surface area contributed by atoms with Crippen molar-refractivity contribution >= 4 is 80.8 Å². The van der Waals surface area contributed by atoms with E-state index in [1.165, 1.54) is 11.8 Å². The first kappa shape index (κ1) is 21.7. The van der Waals surface area contributed by atoms with Gasteiger partial charge in [-0.2, -0.15) is 0 Å². The van der Waals surface area contributed by atoms with Crippen molar-refractivity contribution in [1.29, 1.82) is 0 Å². The molecule has 30 heavy (non-hydrogen) atoms. The Kier molecular flexibility index (Phi) is 6.42. The molecule has 0 spiro atoms. The van der Waals surface area contributed by atoms with Crippen LogP contribution in [0.3, 0.4) is 0 Å². The maximum Gasteiger partial charge on any atom is 0.266 e. The molecule has 0 N–H and O–H groups in total. The SMILES string of the molecule is CCN1C(=O)/C(=C/C=C2/Sc3ccc(Cl)cc3N2C)SC1=Nc1ccc(Cl)c(Cl)c1. The molecule has 1 fully saturated rings. The summed E-state index contributed by atoms with van der Waals surface area (Å²) in [6.45, 7) is 2.45. The van der Waals surface area contributed by atoms with Crippen molar-refractivity contribution in [1.82, 2.24) is 4.90 Å². The highest BCUT2D eigenvalue weighted by Crippen LogP contribution is 2.46. The Labute approximate surface area is 198 Å². The first-order chi connectivity index (χ1) is 14.4. The molecule has 0 radical (unpaired) electrons. The lowest BCUT2D eigenvalue weighted by Crippen LogP contribution is -2.28. The molecule has 2 aromatic carbocycles. The average molecular weight is 497 g/mol. The van der Waals surface area contributed by atoms with Crippen LogP contribution in [0, 0.1) is 0 Å². The van der Waals surface area contributed by atoms with E-state index in [1.54, 1.807) is 34.9 Å². The highest BCUT2D eigenvalue weighted by molar-refractivity contribution is 8.18. The number of hydrogen-bond acceptors (Lipinski definition) is 5. The Balaban J connectivity index is 1.60. The Morgan fingerprint density at radius 2 is 1.83 bits per heavy atom. The molecule has 0 aliphatic carbocycles. The number of thioether (sulfide) groups is 2. The number of halogens is 3. The lowest BCUT2D eigenvalue weighted by molar-refractivity contribution is -0.122. The van der Waals surface area contributed by atoms with Gasteiger partial charge in [0.2, 0.25) is 0 Å². The highest BCUT2D eigenvalue weighted by Gasteiger charge is 2.32. The van der Waals surface area contributed by atoms with Gasteiger partial charge in [0.25, 0.3) is 5.91 Å². The van der Waals surface area contributed by atoms with Gasteiger partial charge in [-0.15, -0.1) is 0 Å². The number of allylic oxidation sites excluding steroid dienone is 2. The molecule has 0 atom stereocenters. The van der Waals surface area contributed by atoms with E-state index in [0.29, 0.717) is 37.4 Å². The van der Waals surface area contributed by atoms with Gasteiger partial charge in [-0.25, -0.2) is 4.99 Å². The lowest BCUT2D eigenvalue weighted by atomic mass is 10.3. The van der Waals surface area contributed by atoms with Crippen molar-refractivity contribution in [2.75, 3.05) is 18.5 Å². The number of aliphatic imine (C=N–C) groups is 1. The largest absolute Gasteiger partial charge is 0.338 e. The third-order valence-corrected chi connectivity index (χ3v) is 7.72. The number of anilines is 1. The third kappa shape index (κ3) is 4.25. The van der Waals surface area contributed by atoms with E-state index < -0.39 is 0 Å². The molecule has 1 saturated heterocycles. The number of amides is 1. The summed E-state index contributed by atoms with van der Waals surface area (Å²) < 4.78 is 0. The molecule has 1 amide bonds. The van der Waals surface area contributed by atoms with Crippen molar-refractivity contribution in [3.05, 3.63) is 73.6 Å². The van der Waals surface area contributed by atoms with Crippen LogP contribution in [0.5, 0.6) is 0 Å². The highest BCUT2D eigenvalue weighted by atomic mass is 35.5. The normalized spacial score (nSPS) is 20.2. The molecular weight excluding hydrogens is 481 g/mol. The predicted molar refractivity (Wildman–Crippen MR) is 130 cm³/mol. The van der Waals surface area contributed by atoms with Crippen molar-refractivity contribution < 1.29 is 4.79 Å². The Morgan fingerprint density at radius 1 is 1.03 bits per heavy atom. The zero-order chi connectivity index (χ0) is 21.4. The minimum atomic E-state index is -0.0654. The Hall–Kier alpha value is -1.57. The van der Waals surface area contributed by atoms with E-state index >= 15 is 0 Å². The monoisotopic (exact) mass is 495 g/mol. The molecule has 0 unspecified atom stereocenters. The van der Waals surface area contributed by atoms with Crippen LogP contribution in [-0.4, -0.2) is 29.6 Å². The minimum Gasteiger partial charge on any atom is -0.338 e. The van der Waals surface area contributed by atoms with E-state index in [1.807, 2.05) is 44.3 Å². The summed E-state index contributed by atoms with van der Waals surface area (Å²) in [5.74, 6) is -0.0654. The van der Waals surface area contributed by atoms with Crippen LogP contribution in [0.15, 0.2) is 68.4 Å². The first-order valence-electron chi connectivity index (χ1n) is 9.04. The smallest absolute Gasteiger partial charge is 0.266 e. The van der Waals surface area contributed by atoms with Crippen LogP contribution in [0.1, 0.15) is 6.92 Å². The maximum absolute atomic E-state index is 12.8. The average Bonchev–Trinajstić information content (AvgIpc) is 3.19. The fourth-order valence-corrected chi connectivity index (χ4v) is 5.48. The van der Waals surface area contributed by atoms with Gasteiger partial charge in [-0.1, -0.05) is 46.6 Å². The van der Waals surface area contributed by atoms with Gasteiger partial charge in [0.1, 0.15) is 0 Å². The lowest BCUT2D eigenvalue weighted by Gasteiger charge is -2.13. The molecule has 4 rings (SSSR count). The van der Waals surface area contributed by atoms with Gasteiger partial charge in [0, 0.05) is 23.5 Å². The summed E-state index contributed by atoms with van der Waals surface area (Å²) in [6.07, 6.45) is 3.80. The zero-order valence-corrected chi connectivity index (χ0v) is 19.9. The van der Waals surface area contributed by atoms with E-state index in [9.17, 15) is 4.79 Å². The summed E-state index contributed by atoms with van der Waals surface area (Å²) >= 11 is 21.2. The van der Waals surface area contributed by atoms with Crippen LogP contribution < -0.4 is 4.90 Å². The van der Waals surface area contributed by atoms with Crippen molar-refractivity contribution in [2.24, 2.45) is 4.99 Å². The number of fused-ring (bicyclic) bond motifs is 1. The molecule has 4 nitrogen and oxygen atoms in total. The summed E-state index contributed by atoms with van der Waals surface area (Å²) in [4.78, 5) is 22.9. The van der Waals surface area contributed by atoms with Crippen LogP contribution in [0.4, 0.5) is 11.4 Å². The minimum absolute atomic E-state index is 0.0654. The van der Waals surface area contributed by atoms with Crippen molar-refractivity contribution in [3.8, 4) is 0 Å². The quantitative estimate of drug-likeness (QED) is 0.421. The Bertz CT molecular complexity index is 1130. The van der Waals surface area contributed by atoms with E-state index in [0.717, 1.165) is 15.6 Å². The summed E-state index contributed by atoms with van der Waals surface area (Å²) in [6, 6.07) is 11.0. The fraction of sp³-hybridized carbons (Fsp3) is 0.143. The molecule has 9 heteroatoms. The molecule has 2 aromatic rings. The van der Waals surface area contributed by atoms with Gasteiger partial charge in [0.15, 0.2) is 5.17 Å². The van der Waals surface area contributed by atoms with E-state index in [4.69, 9.17) is 34.8 Å². The van der Waals surface area contributed by atoms with Crippen LogP contribution in [0.25, 0.3) is 0 Å². The molecule has 154 valence electrons. The van der Waals surface area contributed by atoms with Gasteiger partial charge in [0.05, 0.1) is 31.4 Å². The number of hydrogen-bond donors (Lipinski definition) is 0. The van der Waals surface area contributed by atoms with Gasteiger partial charge < -0.3 is 4.90 Å². The molecule has 0 aromatic heterocycles. The predicted octanol–water partition coefficient (Wildman–Crippen LogP) is 7.20. The second-order valence-electron chi connectivity index (χ2n) is 6.45. The molecule has 0 saturated carbocycles. The van der Waals surface area contributed by atoms with Crippen molar-refractivity contribution in [3.63, 3.8) is 0 Å². The number of amidine groups is 1.